The molecule has 0 saturated heterocycles. The molecule has 0 spiro atoms. The number of aromatic nitrogens is 1. The van der Waals surface area contributed by atoms with E-state index in [2.05, 4.69) is 10.3 Å². The van der Waals surface area contributed by atoms with Crippen molar-refractivity contribution in [3.8, 4) is 11.5 Å². The molecule has 1 heterocycles. The molecule has 0 bridgehead atoms. The van der Waals surface area contributed by atoms with Crippen LogP contribution in [0.4, 0.5) is 4.39 Å². The number of halogens is 1. The number of amides is 1. The normalized spacial score (nSPS) is 12.0. The molecular weight excluding hydrogens is 371 g/mol. The van der Waals surface area contributed by atoms with E-state index in [1.165, 1.54) is 30.5 Å². The van der Waals surface area contributed by atoms with E-state index in [-0.39, 0.29) is 18.2 Å². The molecule has 0 saturated carbocycles. The van der Waals surface area contributed by atoms with Gasteiger partial charge in [-0.3, -0.25) is 9.78 Å². The van der Waals surface area contributed by atoms with Crippen LogP contribution in [0.1, 0.15) is 22.8 Å². The molecule has 2 N–H and O–H groups in total. The van der Waals surface area contributed by atoms with Gasteiger partial charge in [0.15, 0.2) is 11.6 Å². The van der Waals surface area contributed by atoms with Crippen molar-refractivity contribution in [2.24, 2.45) is 0 Å². The summed E-state index contributed by atoms with van der Waals surface area (Å²) in [5.74, 6) is -0.430. The van der Waals surface area contributed by atoms with Crippen molar-refractivity contribution < 1.29 is 19.0 Å². The molecule has 0 radical (unpaired) electrons. The molecule has 148 valence electrons. The average Bonchev–Trinajstić information content (AvgIpc) is 2.73. The summed E-state index contributed by atoms with van der Waals surface area (Å²) in [5, 5.41) is 12.8. The van der Waals surface area contributed by atoms with Gasteiger partial charge in [0.25, 0.3) is 0 Å². The third-order valence-electron chi connectivity index (χ3n) is 4.18. The molecule has 0 unspecified atom stereocenters. The Bertz CT molecular complexity index is 989. The number of aliphatic hydroxyl groups excluding tert-OH is 1. The first-order valence-corrected chi connectivity index (χ1v) is 9.09. The molecule has 2 aromatic carbocycles. The Kier molecular flexibility index (Phi) is 6.71. The number of nitrogens with one attached hydrogen (secondary N) is 1. The van der Waals surface area contributed by atoms with Crippen LogP contribution in [0.2, 0.25) is 0 Å². The molecule has 1 aromatic heterocycles. The minimum absolute atomic E-state index is 0.0702. The van der Waals surface area contributed by atoms with Crippen LogP contribution in [0.25, 0.3) is 6.08 Å². The van der Waals surface area contributed by atoms with Crippen molar-refractivity contribution in [2.75, 3.05) is 6.54 Å². The maximum Gasteiger partial charge on any atom is 0.244 e. The highest BCUT2D eigenvalue weighted by molar-refractivity contribution is 5.91. The third-order valence-corrected chi connectivity index (χ3v) is 4.18. The highest BCUT2D eigenvalue weighted by atomic mass is 19.1. The van der Waals surface area contributed by atoms with Gasteiger partial charge in [0.1, 0.15) is 5.75 Å². The molecule has 5 nitrogen and oxygen atoms in total. The molecule has 1 amide bonds. The van der Waals surface area contributed by atoms with E-state index in [0.717, 1.165) is 11.1 Å². The van der Waals surface area contributed by atoms with Crippen LogP contribution in [0, 0.1) is 12.7 Å². The molecule has 0 fully saturated rings. The van der Waals surface area contributed by atoms with Gasteiger partial charge in [-0.2, -0.15) is 0 Å². The summed E-state index contributed by atoms with van der Waals surface area (Å²) >= 11 is 0. The quantitative estimate of drug-likeness (QED) is 0.592. The van der Waals surface area contributed by atoms with Crippen molar-refractivity contribution in [3.63, 3.8) is 0 Å². The summed E-state index contributed by atoms with van der Waals surface area (Å²) in [6.07, 6.45) is 5.07. The second-order valence-corrected chi connectivity index (χ2v) is 6.49. The number of rotatable bonds is 7. The molecule has 29 heavy (non-hydrogen) atoms. The summed E-state index contributed by atoms with van der Waals surface area (Å²) < 4.78 is 19.7. The van der Waals surface area contributed by atoms with Crippen molar-refractivity contribution in [2.45, 2.75) is 13.0 Å². The number of benzene rings is 2. The van der Waals surface area contributed by atoms with E-state index in [0.29, 0.717) is 11.3 Å². The smallest absolute Gasteiger partial charge is 0.244 e. The van der Waals surface area contributed by atoms with Gasteiger partial charge >= 0.3 is 0 Å². The first-order valence-electron chi connectivity index (χ1n) is 9.09. The van der Waals surface area contributed by atoms with Crippen LogP contribution in [-0.4, -0.2) is 22.5 Å². The highest BCUT2D eigenvalue weighted by Gasteiger charge is 2.09. The predicted octanol–water partition coefficient (Wildman–Crippen LogP) is 4.18. The maximum absolute atomic E-state index is 14.2. The van der Waals surface area contributed by atoms with Crippen LogP contribution >= 0.6 is 0 Å². The Balaban J connectivity index is 1.54. The summed E-state index contributed by atoms with van der Waals surface area (Å²) in [6, 6.07) is 15.2. The van der Waals surface area contributed by atoms with Gasteiger partial charge in [-0.05, 0) is 48.4 Å². The number of pyridine rings is 1. The van der Waals surface area contributed by atoms with E-state index < -0.39 is 11.9 Å². The Labute approximate surface area is 168 Å². The first-order chi connectivity index (χ1) is 14.0. The fraction of sp³-hybridized carbons (Fsp3) is 0.130. The van der Waals surface area contributed by atoms with Crippen molar-refractivity contribution >= 4 is 12.0 Å². The molecule has 0 aliphatic carbocycles. The average molecular weight is 392 g/mol. The lowest BCUT2D eigenvalue weighted by molar-refractivity contribution is -0.116. The number of carbonyl (C=O) groups is 1. The molecule has 3 aromatic rings. The summed E-state index contributed by atoms with van der Waals surface area (Å²) in [7, 11) is 0. The van der Waals surface area contributed by atoms with Gasteiger partial charge in [-0.25, -0.2) is 4.39 Å². The zero-order valence-electron chi connectivity index (χ0n) is 15.9. The van der Waals surface area contributed by atoms with Crippen molar-refractivity contribution in [1.82, 2.24) is 10.3 Å². The van der Waals surface area contributed by atoms with Gasteiger partial charge in [0.05, 0.1) is 12.3 Å². The van der Waals surface area contributed by atoms with Crippen LogP contribution in [0.15, 0.2) is 73.1 Å². The second-order valence-electron chi connectivity index (χ2n) is 6.49. The number of hydrogen-bond acceptors (Lipinski definition) is 4. The third kappa shape index (κ3) is 5.99. The monoisotopic (exact) mass is 392 g/mol. The minimum atomic E-state index is -0.797. The minimum Gasteiger partial charge on any atom is -0.453 e. The molecule has 6 heteroatoms. The number of aliphatic hydroxyl groups is 1. The van der Waals surface area contributed by atoms with E-state index >= 15 is 0 Å². The van der Waals surface area contributed by atoms with Crippen LogP contribution in [0.5, 0.6) is 11.5 Å². The number of hydrogen-bond donors (Lipinski definition) is 2. The zero-order valence-corrected chi connectivity index (χ0v) is 15.9. The van der Waals surface area contributed by atoms with Crippen LogP contribution in [-0.2, 0) is 4.79 Å². The fourth-order valence-electron chi connectivity index (χ4n) is 2.57. The lowest BCUT2D eigenvalue weighted by atomic mass is 10.1. The van der Waals surface area contributed by atoms with Gasteiger partial charge in [-0.15, -0.1) is 0 Å². The number of carbonyl (C=O) groups excluding carboxylic acids is 1. The molecular formula is C23H21FN2O3. The van der Waals surface area contributed by atoms with E-state index in [9.17, 15) is 14.3 Å². The fourth-order valence-corrected chi connectivity index (χ4v) is 2.57. The second kappa shape index (κ2) is 9.61. The molecule has 0 aliphatic rings. The Morgan fingerprint density at radius 1 is 1.24 bits per heavy atom. The Morgan fingerprint density at radius 3 is 2.72 bits per heavy atom. The lowest BCUT2D eigenvalue weighted by Gasteiger charge is -2.11. The number of nitrogens with zero attached hydrogens (tertiary/aromatic N) is 1. The molecule has 1 atom stereocenters. The van der Waals surface area contributed by atoms with Crippen LogP contribution < -0.4 is 10.1 Å². The number of aryl methyl sites for hydroxylation is 1. The van der Waals surface area contributed by atoms with E-state index in [4.69, 9.17) is 4.74 Å². The van der Waals surface area contributed by atoms with Gasteiger partial charge < -0.3 is 15.2 Å². The van der Waals surface area contributed by atoms with Gasteiger partial charge in [-0.1, -0.05) is 35.9 Å². The van der Waals surface area contributed by atoms with Gasteiger partial charge in [0, 0.05) is 18.8 Å². The zero-order chi connectivity index (χ0) is 20.6. The van der Waals surface area contributed by atoms with Crippen LogP contribution in [0.3, 0.4) is 0 Å². The van der Waals surface area contributed by atoms with E-state index in [1.54, 1.807) is 24.4 Å². The Hall–Kier alpha value is -3.51. The topological polar surface area (TPSA) is 71.5 Å². The standard InChI is InChI=1S/C23H21FN2O3/c1-16-4-8-18(9-5-16)21(27)15-26-23(28)11-7-17-6-10-22(20(24)13-17)29-19-3-2-12-25-14-19/h2-14,21,27H,15H2,1H3,(H,26,28)/b11-7+/t21-/m0/s1. The van der Waals surface area contributed by atoms with E-state index in [1.807, 2.05) is 31.2 Å². The molecule has 0 aliphatic heterocycles. The summed E-state index contributed by atoms with van der Waals surface area (Å²) in [5.41, 5.74) is 2.33. The summed E-state index contributed by atoms with van der Waals surface area (Å²) in [4.78, 5) is 15.9. The highest BCUT2D eigenvalue weighted by Crippen LogP contribution is 2.24. The van der Waals surface area contributed by atoms with Crippen molar-refractivity contribution in [3.05, 3.63) is 95.6 Å². The molecule has 3 rings (SSSR count). The maximum atomic E-state index is 14.2. The predicted molar refractivity (Wildman–Crippen MR) is 109 cm³/mol. The SMILES string of the molecule is Cc1ccc([C@@H](O)CNC(=O)/C=C/c2ccc(Oc3cccnc3)c(F)c2)cc1. The Morgan fingerprint density at radius 2 is 2.03 bits per heavy atom. The van der Waals surface area contributed by atoms with Gasteiger partial charge in [0.2, 0.25) is 5.91 Å². The largest absolute Gasteiger partial charge is 0.453 e. The first kappa shape index (κ1) is 20.2. The van der Waals surface area contributed by atoms with Crippen molar-refractivity contribution in [1.29, 1.82) is 0 Å². The number of ether oxygens (including phenoxy) is 1. The lowest BCUT2D eigenvalue weighted by Crippen LogP contribution is -2.26. The summed E-state index contributed by atoms with van der Waals surface area (Å²) in [6.45, 7) is 2.04.